The molecule has 104 valence electrons. The van der Waals surface area contributed by atoms with Gasteiger partial charge in [-0.25, -0.2) is 0 Å². The average molecular weight is 250 g/mol. The maximum Gasteiger partial charge on any atom is 0.0110 e. The summed E-state index contributed by atoms with van der Waals surface area (Å²) in [5, 5.41) is 3.84. The first-order valence-electron chi connectivity index (χ1n) is 8.30. The second kappa shape index (κ2) is 5.92. The largest absolute Gasteiger partial charge is 0.312 e. The lowest BCUT2D eigenvalue weighted by molar-refractivity contribution is 0.228. The van der Waals surface area contributed by atoms with Gasteiger partial charge in [-0.05, 0) is 50.4 Å². The van der Waals surface area contributed by atoms with Crippen LogP contribution in [0, 0.1) is 11.8 Å². The number of hydrogen-bond acceptors (Lipinski definition) is 2. The molecular formula is C16H30N2. The summed E-state index contributed by atoms with van der Waals surface area (Å²) in [5.41, 5.74) is 0. The number of rotatable bonds is 7. The first-order chi connectivity index (χ1) is 8.83. The van der Waals surface area contributed by atoms with Gasteiger partial charge in [0.05, 0.1) is 0 Å². The highest BCUT2D eigenvalue weighted by molar-refractivity contribution is 4.89. The standard InChI is InChI=1S/C16H30N2/c1-13-4-2-3-5-16(13)17-10-11-18(15-8-9-15)12-14-6-7-14/h13-17H,2-12H2,1H3. The summed E-state index contributed by atoms with van der Waals surface area (Å²) in [6, 6.07) is 1.76. The Hall–Kier alpha value is -0.0800. The highest BCUT2D eigenvalue weighted by Crippen LogP contribution is 2.34. The monoisotopic (exact) mass is 250 g/mol. The molecule has 0 aliphatic heterocycles. The van der Waals surface area contributed by atoms with Gasteiger partial charge in [-0.1, -0.05) is 19.8 Å². The lowest BCUT2D eigenvalue weighted by atomic mass is 9.86. The minimum atomic E-state index is 0.806. The van der Waals surface area contributed by atoms with Gasteiger partial charge in [-0.3, -0.25) is 4.90 Å². The molecule has 0 aromatic carbocycles. The molecule has 3 aliphatic rings. The highest BCUT2D eigenvalue weighted by atomic mass is 15.2. The Morgan fingerprint density at radius 2 is 1.78 bits per heavy atom. The van der Waals surface area contributed by atoms with Gasteiger partial charge in [0.25, 0.3) is 0 Å². The van der Waals surface area contributed by atoms with Crippen LogP contribution < -0.4 is 5.32 Å². The Bertz CT molecular complexity index is 258. The van der Waals surface area contributed by atoms with E-state index in [0.717, 1.165) is 23.9 Å². The van der Waals surface area contributed by atoms with Crippen LogP contribution in [-0.4, -0.2) is 36.6 Å². The van der Waals surface area contributed by atoms with Crippen molar-refractivity contribution in [2.24, 2.45) is 11.8 Å². The molecule has 2 unspecified atom stereocenters. The van der Waals surface area contributed by atoms with Crippen molar-refractivity contribution in [3.05, 3.63) is 0 Å². The Morgan fingerprint density at radius 1 is 1.00 bits per heavy atom. The fraction of sp³-hybridized carbons (Fsp3) is 1.00. The van der Waals surface area contributed by atoms with Crippen LogP contribution >= 0.6 is 0 Å². The van der Waals surface area contributed by atoms with Gasteiger partial charge in [0.1, 0.15) is 0 Å². The van der Waals surface area contributed by atoms with Gasteiger partial charge in [-0.2, -0.15) is 0 Å². The van der Waals surface area contributed by atoms with Crippen LogP contribution in [0.4, 0.5) is 0 Å². The van der Waals surface area contributed by atoms with E-state index in [1.165, 1.54) is 71.0 Å². The Balaban J connectivity index is 1.36. The van der Waals surface area contributed by atoms with Crippen LogP contribution in [0.2, 0.25) is 0 Å². The highest BCUT2D eigenvalue weighted by Gasteiger charge is 2.33. The Labute approximate surface area is 113 Å². The Morgan fingerprint density at radius 3 is 2.44 bits per heavy atom. The maximum absolute atomic E-state index is 3.84. The quantitative estimate of drug-likeness (QED) is 0.747. The molecule has 0 spiro atoms. The number of nitrogens with one attached hydrogen (secondary N) is 1. The molecule has 0 amide bonds. The lowest BCUT2D eigenvalue weighted by Crippen LogP contribution is -2.42. The van der Waals surface area contributed by atoms with Crippen molar-refractivity contribution >= 4 is 0 Å². The van der Waals surface area contributed by atoms with Crippen LogP contribution in [0.5, 0.6) is 0 Å². The van der Waals surface area contributed by atoms with Crippen molar-refractivity contribution in [3.63, 3.8) is 0 Å². The number of hydrogen-bond donors (Lipinski definition) is 1. The third-order valence-electron chi connectivity index (χ3n) is 5.17. The minimum absolute atomic E-state index is 0.806. The normalized spacial score (nSPS) is 33.0. The van der Waals surface area contributed by atoms with Crippen LogP contribution in [0.25, 0.3) is 0 Å². The van der Waals surface area contributed by atoms with Gasteiger partial charge < -0.3 is 5.32 Å². The fourth-order valence-electron chi connectivity index (χ4n) is 3.51. The van der Waals surface area contributed by atoms with Crippen LogP contribution in [0.1, 0.15) is 58.3 Å². The molecule has 2 atom stereocenters. The molecule has 2 nitrogen and oxygen atoms in total. The molecular weight excluding hydrogens is 220 g/mol. The molecule has 3 rings (SSSR count). The fourth-order valence-corrected chi connectivity index (χ4v) is 3.51. The van der Waals surface area contributed by atoms with Crippen molar-refractivity contribution < 1.29 is 0 Å². The zero-order valence-corrected chi connectivity index (χ0v) is 12.0. The molecule has 0 aromatic heterocycles. The van der Waals surface area contributed by atoms with Crippen LogP contribution in [0.15, 0.2) is 0 Å². The summed E-state index contributed by atoms with van der Waals surface area (Å²) >= 11 is 0. The van der Waals surface area contributed by atoms with E-state index in [1.807, 2.05) is 0 Å². The van der Waals surface area contributed by atoms with Crippen molar-refractivity contribution in [2.45, 2.75) is 70.4 Å². The predicted octanol–water partition coefficient (Wildman–Crippen LogP) is 3.03. The van der Waals surface area contributed by atoms with Crippen molar-refractivity contribution in [1.82, 2.24) is 10.2 Å². The molecule has 0 radical (unpaired) electrons. The maximum atomic E-state index is 3.84. The molecule has 2 heteroatoms. The van der Waals surface area contributed by atoms with E-state index in [-0.39, 0.29) is 0 Å². The summed E-state index contributed by atoms with van der Waals surface area (Å²) in [7, 11) is 0. The molecule has 0 heterocycles. The van der Waals surface area contributed by atoms with E-state index in [1.54, 1.807) is 0 Å². The smallest absolute Gasteiger partial charge is 0.0110 e. The van der Waals surface area contributed by atoms with Crippen molar-refractivity contribution in [2.75, 3.05) is 19.6 Å². The van der Waals surface area contributed by atoms with Crippen LogP contribution in [-0.2, 0) is 0 Å². The SMILES string of the molecule is CC1CCCCC1NCCN(CC1CC1)C1CC1. The predicted molar refractivity (Wildman–Crippen MR) is 76.7 cm³/mol. The molecule has 3 saturated carbocycles. The zero-order chi connectivity index (χ0) is 12.4. The zero-order valence-electron chi connectivity index (χ0n) is 12.0. The van der Waals surface area contributed by atoms with Crippen molar-refractivity contribution in [1.29, 1.82) is 0 Å². The topological polar surface area (TPSA) is 15.3 Å². The summed E-state index contributed by atoms with van der Waals surface area (Å²) < 4.78 is 0. The first kappa shape index (κ1) is 12.9. The molecule has 3 aliphatic carbocycles. The Kier molecular flexibility index (Phi) is 4.25. The van der Waals surface area contributed by atoms with Gasteiger partial charge in [0.2, 0.25) is 0 Å². The minimum Gasteiger partial charge on any atom is -0.312 e. The number of nitrogens with zero attached hydrogens (tertiary/aromatic N) is 1. The molecule has 3 fully saturated rings. The second-order valence-electron chi connectivity index (χ2n) is 6.99. The van der Waals surface area contributed by atoms with E-state index in [4.69, 9.17) is 0 Å². The van der Waals surface area contributed by atoms with E-state index in [9.17, 15) is 0 Å². The third kappa shape index (κ3) is 3.71. The second-order valence-corrected chi connectivity index (χ2v) is 6.99. The van der Waals surface area contributed by atoms with Gasteiger partial charge in [-0.15, -0.1) is 0 Å². The molecule has 0 saturated heterocycles. The van der Waals surface area contributed by atoms with E-state index >= 15 is 0 Å². The summed E-state index contributed by atoms with van der Waals surface area (Å²) in [6.07, 6.45) is 11.7. The van der Waals surface area contributed by atoms with Gasteiger partial charge in [0, 0.05) is 31.7 Å². The molecule has 1 N–H and O–H groups in total. The van der Waals surface area contributed by atoms with E-state index < -0.39 is 0 Å². The van der Waals surface area contributed by atoms with Crippen LogP contribution in [0.3, 0.4) is 0 Å². The van der Waals surface area contributed by atoms with E-state index in [2.05, 4.69) is 17.1 Å². The van der Waals surface area contributed by atoms with Crippen molar-refractivity contribution in [3.8, 4) is 0 Å². The molecule has 0 aromatic rings. The molecule has 0 bridgehead atoms. The summed E-state index contributed by atoms with van der Waals surface area (Å²) in [5.74, 6) is 1.95. The van der Waals surface area contributed by atoms with Gasteiger partial charge in [0.15, 0.2) is 0 Å². The summed E-state index contributed by atoms with van der Waals surface area (Å²) in [4.78, 5) is 2.78. The lowest BCUT2D eigenvalue weighted by Gasteiger charge is -2.31. The van der Waals surface area contributed by atoms with E-state index in [0.29, 0.717) is 0 Å². The molecule has 18 heavy (non-hydrogen) atoms. The summed E-state index contributed by atoms with van der Waals surface area (Å²) in [6.45, 7) is 6.34. The van der Waals surface area contributed by atoms with Gasteiger partial charge >= 0.3 is 0 Å². The first-order valence-corrected chi connectivity index (χ1v) is 8.30. The average Bonchev–Trinajstić information content (AvgIpc) is 3.24. The third-order valence-corrected chi connectivity index (χ3v) is 5.17.